The van der Waals surface area contributed by atoms with E-state index < -0.39 is 0 Å². The Hall–Kier alpha value is -0.970. The maximum Gasteiger partial charge on any atom is 0.138 e. The quantitative estimate of drug-likeness (QED) is 0.837. The Balaban J connectivity index is 2.20. The van der Waals surface area contributed by atoms with E-state index in [1.54, 1.807) is 14.2 Å². The zero-order chi connectivity index (χ0) is 12.3. The summed E-state index contributed by atoms with van der Waals surface area (Å²) in [6, 6.07) is 5.66. The number of methoxy groups -OCH3 is 2. The van der Waals surface area contributed by atoms with E-state index in [2.05, 4.69) is 5.32 Å². The van der Waals surface area contributed by atoms with E-state index in [9.17, 15) is 0 Å². The van der Waals surface area contributed by atoms with Crippen molar-refractivity contribution < 1.29 is 14.2 Å². The van der Waals surface area contributed by atoms with Crippen molar-refractivity contribution in [3.05, 3.63) is 23.8 Å². The average molecular weight is 258 g/mol. The third kappa shape index (κ3) is 2.65. The van der Waals surface area contributed by atoms with Gasteiger partial charge >= 0.3 is 0 Å². The summed E-state index contributed by atoms with van der Waals surface area (Å²) < 4.78 is 16.2. The molecule has 2 atom stereocenters. The first-order valence-corrected chi connectivity index (χ1v) is 5.98. The summed E-state index contributed by atoms with van der Waals surface area (Å²) in [6.07, 6.45) is -0.118. The van der Waals surface area contributed by atoms with Gasteiger partial charge in [0.15, 0.2) is 0 Å². The van der Waals surface area contributed by atoms with Gasteiger partial charge in [-0.15, -0.1) is 11.6 Å². The predicted molar refractivity (Wildman–Crippen MR) is 65.9 cm³/mol. The van der Waals surface area contributed by atoms with Crippen LogP contribution in [-0.2, 0) is 4.74 Å². The van der Waals surface area contributed by atoms with Crippen molar-refractivity contribution in [3.63, 3.8) is 0 Å². The molecule has 1 aromatic carbocycles. The van der Waals surface area contributed by atoms with Gasteiger partial charge in [0, 0.05) is 24.1 Å². The topological polar surface area (TPSA) is 39.7 Å². The molecule has 0 amide bonds. The van der Waals surface area contributed by atoms with Crippen molar-refractivity contribution in [2.24, 2.45) is 0 Å². The maximum atomic E-state index is 5.77. The minimum absolute atomic E-state index is 0.0495. The van der Waals surface area contributed by atoms with Crippen LogP contribution < -0.4 is 14.8 Å². The van der Waals surface area contributed by atoms with Crippen molar-refractivity contribution in [1.29, 1.82) is 0 Å². The molecule has 1 aromatic rings. The van der Waals surface area contributed by atoms with Gasteiger partial charge in [-0.1, -0.05) is 0 Å². The zero-order valence-electron chi connectivity index (χ0n) is 9.90. The summed E-state index contributed by atoms with van der Waals surface area (Å²) >= 11 is 5.77. The van der Waals surface area contributed by atoms with E-state index in [4.69, 9.17) is 25.8 Å². The third-order valence-electron chi connectivity index (χ3n) is 2.75. The standard InChI is InChI=1S/C12H16ClNO3/c1-15-8-3-4-10(11(5-8)16-2)12-14-7-9(6-13)17-12/h3-5,9,12,14H,6-7H2,1-2H3/t9-,12-/m0/s1. The number of ether oxygens (including phenoxy) is 3. The number of rotatable bonds is 4. The highest BCUT2D eigenvalue weighted by molar-refractivity contribution is 6.18. The Bertz CT molecular complexity index is 386. The Labute approximate surface area is 106 Å². The van der Waals surface area contributed by atoms with Gasteiger partial charge in [-0.05, 0) is 12.1 Å². The smallest absolute Gasteiger partial charge is 0.138 e. The van der Waals surface area contributed by atoms with Crippen LogP contribution in [0, 0.1) is 0 Å². The minimum atomic E-state index is -0.167. The van der Waals surface area contributed by atoms with E-state index in [0.29, 0.717) is 5.88 Å². The lowest BCUT2D eigenvalue weighted by Crippen LogP contribution is -2.16. The summed E-state index contributed by atoms with van der Waals surface area (Å²) in [5, 5.41) is 3.26. The van der Waals surface area contributed by atoms with Crippen molar-refractivity contribution in [2.45, 2.75) is 12.3 Å². The molecule has 5 heteroatoms. The largest absolute Gasteiger partial charge is 0.497 e. The fraction of sp³-hybridized carbons (Fsp3) is 0.500. The van der Waals surface area contributed by atoms with Gasteiger partial charge in [-0.2, -0.15) is 0 Å². The van der Waals surface area contributed by atoms with Crippen molar-refractivity contribution in [1.82, 2.24) is 5.32 Å². The molecule has 0 saturated carbocycles. The number of benzene rings is 1. The van der Waals surface area contributed by atoms with E-state index >= 15 is 0 Å². The average Bonchev–Trinajstić information content (AvgIpc) is 2.86. The molecule has 1 aliphatic rings. The Morgan fingerprint density at radius 3 is 2.82 bits per heavy atom. The fourth-order valence-corrected chi connectivity index (χ4v) is 2.02. The van der Waals surface area contributed by atoms with E-state index in [1.165, 1.54) is 0 Å². The van der Waals surface area contributed by atoms with Gasteiger partial charge in [0.1, 0.15) is 17.7 Å². The molecule has 0 radical (unpaired) electrons. The molecule has 0 aromatic heterocycles. The van der Waals surface area contributed by atoms with Crippen LogP contribution in [-0.4, -0.2) is 32.7 Å². The van der Waals surface area contributed by atoms with Crippen LogP contribution in [0.1, 0.15) is 11.8 Å². The van der Waals surface area contributed by atoms with Gasteiger partial charge in [0.05, 0.1) is 20.3 Å². The molecule has 0 spiro atoms. The van der Waals surface area contributed by atoms with Crippen LogP contribution in [0.3, 0.4) is 0 Å². The highest BCUT2D eigenvalue weighted by Crippen LogP contribution is 2.32. The second-order valence-electron chi connectivity index (χ2n) is 3.81. The molecule has 0 bridgehead atoms. The molecule has 94 valence electrons. The monoisotopic (exact) mass is 257 g/mol. The lowest BCUT2D eigenvalue weighted by atomic mass is 10.1. The summed E-state index contributed by atoms with van der Waals surface area (Å²) in [5.41, 5.74) is 0.959. The Morgan fingerprint density at radius 1 is 1.41 bits per heavy atom. The molecule has 17 heavy (non-hydrogen) atoms. The molecule has 1 heterocycles. The number of hydrogen-bond donors (Lipinski definition) is 1. The molecule has 1 fully saturated rings. The van der Waals surface area contributed by atoms with Crippen molar-refractivity contribution >= 4 is 11.6 Å². The van der Waals surface area contributed by atoms with Crippen LogP contribution in [0.15, 0.2) is 18.2 Å². The molecular formula is C12H16ClNO3. The van der Waals surface area contributed by atoms with Gasteiger partial charge in [0.25, 0.3) is 0 Å². The number of hydrogen-bond acceptors (Lipinski definition) is 4. The summed E-state index contributed by atoms with van der Waals surface area (Å²) in [7, 11) is 3.26. The molecule has 0 unspecified atom stereocenters. The second-order valence-corrected chi connectivity index (χ2v) is 4.12. The van der Waals surface area contributed by atoms with Crippen LogP contribution in [0.4, 0.5) is 0 Å². The normalized spacial score (nSPS) is 23.7. The molecule has 1 aliphatic heterocycles. The Kier molecular flexibility index (Phi) is 4.10. The van der Waals surface area contributed by atoms with Gasteiger partial charge in [0.2, 0.25) is 0 Å². The molecule has 0 aliphatic carbocycles. The van der Waals surface area contributed by atoms with Crippen molar-refractivity contribution in [3.8, 4) is 11.5 Å². The second kappa shape index (κ2) is 5.58. The highest BCUT2D eigenvalue weighted by atomic mass is 35.5. The first-order valence-electron chi connectivity index (χ1n) is 5.45. The molecular weight excluding hydrogens is 242 g/mol. The minimum Gasteiger partial charge on any atom is -0.497 e. The van der Waals surface area contributed by atoms with E-state index in [-0.39, 0.29) is 12.3 Å². The first-order chi connectivity index (χ1) is 8.28. The molecule has 4 nitrogen and oxygen atoms in total. The van der Waals surface area contributed by atoms with Gasteiger partial charge < -0.3 is 14.2 Å². The highest BCUT2D eigenvalue weighted by Gasteiger charge is 2.27. The molecule has 2 rings (SSSR count). The maximum absolute atomic E-state index is 5.77. The summed E-state index contributed by atoms with van der Waals surface area (Å²) in [6.45, 7) is 0.753. The lowest BCUT2D eigenvalue weighted by molar-refractivity contribution is 0.0512. The lowest BCUT2D eigenvalue weighted by Gasteiger charge is -2.16. The van der Waals surface area contributed by atoms with Crippen LogP contribution in [0.2, 0.25) is 0 Å². The number of halogens is 1. The predicted octanol–water partition coefficient (Wildman–Crippen LogP) is 1.93. The van der Waals surface area contributed by atoms with Crippen molar-refractivity contribution in [2.75, 3.05) is 26.6 Å². The molecule has 1 saturated heterocycles. The zero-order valence-corrected chi connectivity index (χ0v) is 10.7. The molecule has 1 N–H and O–H groups in total. The van der Waals surface area contributed by atoms with E-state index in [1.807, 2.05) is 18.2 Å². The summed E-state index contributed by atoms with van der Waals surface area (Å²) in [4.78, 5) is 0. The first kappa shape index (κ1) is 12.5. The Morgan fingerprint density at radius 2 is 2.24 bits per heavy atom. The van der Waals surface area contributed by atoms with Gasteiger partial charge in [-0.25, -0.2) is 0 Å². The van der Waals surface area contributed by atoms with Crippen LogP contribution in [0.5, 0.6) is 11.5 Å². The number of alkyl halides is 1. The van der Waals surface area contributed by atoms with Crippen LogP contribution in [0.25, 0.3) is 0 Å². The SMILES string of the molecule is COc1ccc([C@H]2NC[C@H](CCl)O2)c(OC)c1. The third-order valence-corrected chi connectivity index (χ3v) is 3.10. The van der Waals surface area contributed by atoms with Crippen LogP contribution >= 0.6 is 11.6 Å². The van der Waals surface area contributed by atoms with Gasteiger partial charge in [-0.3, -0.25) is 5.32 Å². The van der Waals surface area contributed by atoms with E-state index in [0.717, 1.165) is 23.6 Å². The fourth-order valence-electron chi connectivity index (χ4n) is 1.84. The number of nitrogens with one attached hydrogen (secondary N) is 1. The summed E-state index contributed by atoms with van der Waals surface area (Å²) in [5.74, 6) is 2.00.